The van der Waals surface area contributed by atoms with E-state index in [0.717, 1.165) is 23.3 Å². The third-order valence-electron chi connectivity index (χ3n) is 5.72. The van der Waals surface area contributed by atoms with Crippen molar-refractivity contribution in [3.05, 3.63) is 33.1 Å². The maximum absolute atomic E-state index is 13.0. The molecule has 0 aliphatic carbocycles. The van der Waals surface area contributed by atoms with Gasteiger partial charge in [0.05, 0.1) is 6.04 Å². The molecular formula is C22H35N5O9. The van der Waals surface area contributed by atoms with Crippen molar-refractivity contribution in [2.24, 2.45) is 17.4 Å². The van der Waals surface area contributed by atoms with Crippen LogP contribution in [0.5, 0.6) is 0 Å². The fourth-order valence-electron chi connectivity index (χ4n) is 3.75. The van der Waals surface area contributed by atoms with Gasteiger partial charge in [-0.3, -0.25) is 19.1 Å². The highest BCUT2D eigenvalue weighted by Crippen LogP contribution is 2.30. The van der Waals surface area contributed by atoms with Crippen molar-refractivity contribution in [1.82, 2.24) is 14.9 Å². The minimum Gasteiger partial charge on any atom is -0.390 e. The first-order chi connectivity index (χ1) is 16.9. The molecule has 14 nitrogen and oxygen atoms in total. The summed E-state index contributed by atoms with van der Waals surface area (Å²) < 4.78 is 11.3. The Morgan fingerprint density at radius 1 is 1.17 bits per heavy atom. The quantitative estimate of drug-likeness (QED) is 0.135. The molecule has 7 atom stereocenters. The number of nitrogens with one attached hydrogen (secondary N) is 2. The first-order valence-electron chi connectivity index (χ1n) is 11.8. The van der Waals surface area contributed by atoms with Gasteiger partial charge in [0.2, 0.25) is 5.91 Å². The van der Waals surface area contributed by atoms with Crippen LogP contribution in [0.3, 0.4) is 0 Å². The summed E-state index contributed by atoms with van der Waals surface area (Å²) in [5.74, 6) is -3.09. The second-order valence-electron chi connectivity index (χ2n) is 9.20. The SMILES string of the molecule is CCCCC(N)C(=O)NC(C(=O)OC(=O)C(N)CC(C)C)[C@H]1O[C@@H](n2ccc(=O)[nH]c2=O)[C@H](O)[C@@H]1O. The number of amides is 1. The molecule has 0 radical (unpaired) electrons. The summed E-state index contributed by atoms with van der Waals surface area (Å²) in [7, 11) is 0. The second-order valence-corrected chi connectivity index (χ2v) is 9.20. The Bertz CT molecular complexity index is 1040. The van der Waals surface area contributed by atoms with Crippen LogP contribution in [0.15, 0.2) is 21.9 Å². The van der Waals surface area contributed by atoms with Crippen molar-refractivity contribution < 1.29 is 34.1 Å². The van der Waals surface area contributed by atoms with Gasteiger partial charge in [-0.05, 0) is 18.8 Å². The number of hydrogen-bond acceptors (Lipinski definition) is 11. The predicted octanol–water partition coefficient (Wildman–Crippen LogP) is -2.40. The van der Waals surface area contributed by atoms with Crippen LogP contribution in [0.1, 0.15) is 52.7 Å². The number of aliphatic hydroxyl groups excluding tert-OH is 2. The van der Waals surface area contributed by atoms with E-state index in [9.17, 15) is 34.2 Å². The number of unbranched alkanes of at least 4 members (excludes halogenated alkanes) is 1. The number of nitrogens with two attached hydrogens (primary N) is 2. The fraction of sp³-hybridized carbons (Fsp3) is 0.682. The summed E-state index contributed by atoms with van der Waals surface area (Å²) >= 11 is 0. The van der Waals surface area contributed by atoms with Crippen molar-refractivity contribution in [2.75, 3.05) is 0 Å². The molecule has 1 aromatic heterocycles. The van der Waals surface area contributed by atoms with Gasteiger partial charge in [-0.25, -0.2) is 14.4 Å². The summed E-state index contributed by atoms with van der Waals surface area (Å²) in [5, 5.41) is 23.5. The number of aliphatic hydroxyl groups is 2. The first kappa shape index (κ1) is 29.3. The molecule has 0 aromatic carbocycles. The van der Waals surface area contributed by atoms with E-state index in [0.29, 0.717) is 12.8 Å². The minimum absolute atomic E-state index is 0.0289. The highest BCUT2D eigenvalue weighted by molar-refractivity contribution is 5.94. The van der Waals surface area contributed by atoms with E-state index in [1.807, 2.05) is 25.8 Å². The van der Waals surface area contributed by atoms with Gasteiger partial charge >= 0.3 is 17.6 Å². The molecule has 1 fully saturated rings. The zero-order valence-corrected chi connectivity index (χ0v) is 20.5. The van der Waals surface area contributed by atoms with Crippen LogP contribution in [-0.2, 0) is 23.9 Å². The minimum atomic E-state index is -1.81. The lowest BCUT2D eigenvalue weighted by atomic mass is 10.0. The Morgan fingerprint density at radius 2 is 1.83 bits per heavy atom. The molecule has 2 heterocycles. The van der Waals surface area contributed by atoms with Crippen LogP contribution in [0.25, 0.3) is 0 Å². The monoisotopic (exact) mass is 513 g/mol. The molecule has 0 bridgehead atoms. The van der Waals surface area contributed by atoms with Gasteiger partial charge in [-0.15, -0.1) is 0 Å². The number of rotatable bonds is 11. The van der Waals surface area contributed by atoms with Gasteiger partial charge in [0.1, 0.15) is 24.4 Å². The summed E-state index contributed by atoms with van der Waals surface area (Å²) in [6, 6.07) is -2.93. The molecule has 0 spiro atoms. The molecule has 3 unspecified atom stereocenters. The van der Waals surface area contributed by atoms with E-state index in [4.69, 9.17) is 20.9 Å². The van der Waals surface area contributed by atoms with E-state index < -0.39 is 71.8 Å². The van der Waals surface area contributed by atoms with Gasteiger partial charge in [-0.1, -0.05) is 33.6 Å². The third kappa shape index (κ3) is 7.30. The molecular weight excluding hydrogens is 478 g/mol. The lowest BCUT2D eigenvalue weighted by Crippen LogP contribution is -2.57. The average molecular weight is 514 g/mol. The Morgan fingerprint density at radius 3 is 2.42 bits per heavy atom. The van der Waals surface area contributed by atoms with E-state index >= 15 is 0 Å². The zero-order valence-electron chi connectivity index (χ0n) is 20.5. The second kappa shape index (κ2) is 12.9. The Balaban J connectivity index is 2.32. The number of esters is 2. The van der Waals surface area contributed by atoms with Crippen molar-refractivity contribution in [2.45, 2.75) is 89.1 Å². The summed E-state index contributed by atoms with van der Waals surface area (Å²) in [6.45, 7) is 5.54. The predicted molar refractivity (Wildman–Crippen MR) is 125 cm³/mol. The molecule has 1 amide bonds. The van der Waals surface area contributed by atoms with Crippen LogP contribution in [0, 0.1) is 5.92 Å². The molecule has 36 heavy (non-hydrogen) atoms. The molecule has 1 aromatic rings. The fourth-order valence-corrected chi connectivity index (χ4v) is 3.75. The zero-order chi connectivity index (χ0) is 27.2. The van der Waals surface area contributed by atoms with Crippen molar-refractivity contribution in [3.8, 4) is 0 Å². The molecule has 8 N–H and O–H groups in total. The molecule has 1 aliphatic heterocycles. The van der Waals surface area contributed by atoms with Gasteiger partial charge in [0.25, 0.3) is 5.56 Å². The standard InChI is InChI=1S/C22H35N5O9/c1-4-5-6-11(23)18(31)26-14(21(33)36-20(32)12(24)9-10(2)3)17-15(29)16(30)19(35-17)27-8-7-13(28)25-22(27)34/h7-8,10-12,14-17,19,29-30H,4-6,9,23-24H2,1-3H3,(H,26,31)(H,25,28,34)/t11?,12?,14?,15-,16+,17+,19+/m0/s1. The third-order valence-corrected chi connectivity index (χ3v) is 5.72. The van der Waals surface area contributed by atoms with Crippen LogP contribution in [0.4, 0.5) is 0 Å². The highest BCUT2D eigenvalue weighted by atomic mass is 16.6. The Labute approximate surface area is 206 Å². The number of aromatic amines is 1. The van der Waals surface area contributed by atoms with E-state index in [1.165, 1.54) is 0 Å². The molecule has 14 heteroatoms. The molecule has 2 rings (SSSR count). The molecule has 202 valence electrons. The lowest BCUT2D eigenvalue weighted by molar-refractivity contribution is -0.167. The van der Waals surface area contributed by atoms with Gasteiger partial charge < -0.3 is 36.5 Å². The Kier molecular flexibility index (Phi) is 10.5. The maximum Gasteiger partial charge on any atom is 0.339 e. The normalized spacial score (nSPS) is 24.2. The number of aromatic nitrogens is 2. The number of nitrogens with zero attached hydrogens (tertiary/aromatic N) is 1. The average Bonchev–Trinajstić information content (AvgIpc) is 3.09. The van der Waals surface area contributed by atoms with E-state index in [1.54, 1.807) is 0 Å². The maximum atomic E-state index is 13.0. The van der Waals surface area contributed by atoms with Crippen molar-refractivity contribution >= 4 is 17.8 Å². The summed E-state index contributed by atoms with van der Waals surface area (Å²) in [6.07, 6.45) is -3.78. The number of ether oxygens (including phenoxy) is 2. The van der Waals surface area contributed by atoms with Crippen molar-refractivity contribution in [3.63, 3.8) is 0 Å². The summed E-state index contributed by atoms with van der Waals surface area (Å²) in [4.78, 5) is 63.5. The highest BCUT2D eigenvalue weighted by Gasteiger charge is 2.51. The number of carbonyl (C=O) groups is 3. The van der Waals surface area contributed by atoms with Gasteiger partial charge in [-0.2, -0.15) is 0 Å². The van der Waals surface area contributed by atoms with Crippen molar-refractivity contribution in [1.29, 1.82) is 0 Å². The van der Waals surface area contributed by atoms with E-state index in [-0.39, 0.29) is 12.3 Å². The lowest BCUT2D eigenvalue weighted by Gasteiger charge is -2.26. The van der Waals surface area contributed by atoms with Crippen LogP contribution < -0.4 is 28.0 Å². The van der Waals surface area contributed by atoms with Crippen LogP contribution >= 0.6 is 0 Å². The smallest absolute Gasteiger partial charge is 0.339 e. The number of carbonyl (C=O) groups excluding carboxylic acids is 3. The molecule has 0 saturated carbocycles. The van der Waals surface area contributed by atoms with Crippen LogP contribution in [-0.4, -0.2) is 74.0 Å². The van der Waals surface area contributed by atoms with Gasteiger partial charge in [0.15, 0.2) is 12.3 Å². The van der Waals surface area contributed by atoms with Gasteiger partial charge in [0, 0.05) is 12.3 Å². The van der Waals surface area contributed by atoms with E-state index in [2.05, 4.69) is 5.32 Å². The molecule has 1 saturated heterocycles. The van der Waals surface area contributed by atoms with Crippen LogP contribution in [0.2, 0.25) is 0 Å². The number of hydrogen-bond donors (Lipinski definition) is 6. The first-order valence-corrected chi connectivity index (χ1v) is 11.8. The largest absolute Gasteiger partial charge is 0.390 e. The topological polar surface area (TPSA) is 229 Å². The molecule has 1 aliphatic rings. The Hall–Kier alpha value is -2.91. The number of H-pyrrole nitrogens is 1. The summed E-state index contributed by atoms with van der Waals surface area (Å²) in [5.41, 5.74) is 10.0.